The highest BCUT2D eigenvalue weighted by atomic mass is 16.5. The summed E-state index contributed by atoms with van der Waals surface area (Å²) in [6.07, 6.45) is 5.37. The topological polar surface area (TPSA) is 58.6 Å². The minimum absolute atomic E-state index is 0.0332. The molecule has 2 saturated heterocycles. The van der Waals surface area contributed by atoms with Gasteiger partial charge in [0.2, 0.25) is 5.91 Å². The third-order valence-corrected chi connectivity index (χ3v) is 5.06. The van der Waals surface area contributed by atoms with Crippen LogP contribution >= 0.6 is 0 Å². The Kier molecular flexibility index (Phi) is 5.62. The molecule has 0 bridgehead atoms. The highest BCUT2D eigenvalue weighted by Crippen LogP contribution is 2.37. The number of ether oxygens (including phenoxy) is 1. The van der Waals surface area contributed by atoms with Crippen LogP contribution in [0.5, 0.6) is 0 Å². The van der Waals surface area contributed by atoms with Crippen LogP contribution < -0.4 is 5.32 Å². The van der Waals surface area contributed by atoms with Gasteiger partial charge in [0.25, 0.3) is 0 Å². The summed E-state index contributed by atoms with van der Waals surface area (Å²) in [5.74, 6) is 0.149. The van der Waals surface area contributed by atoms with Crippen molar-refractivity contribution >= 4 is 11.9 Å². The molecule has 0 saturated carbocycles. The summed E-state index contributed by atoms with van der Waals surface area (Å²) < 4.78 is 4.81. The predicted octanol–water partition coefficient (Wildman–Crippen LogP) is 1.57. The van der Waals surface area contributed by atoms with Crippen LogP contribution in [0.1, 0.15) is 45.4 Å². The Morgan fingerprint density at radius 3 is 2.38 bits per heavy atom. The van der Waals surface area contributed by atoms with Crippen LogP contribution in [0.4, 0.5) is 0 Å². The lowest BCUT2D eigenvalue weighted by Gasteiger charge is -2.42. The third-order valence-electron chi connectivity index (χ3n) is 5.06. The van der Waals surface area contributed by atoms with E-state index in [9.17, 15) is 9.59 Å². The number of likely N-dealkylation sites (tertiary alicyclic amines) is 1. The molecular formula is C16H28N2O3. The maximum absolute atomic E-state index is 13.0. The lowest BCUT2D eigenvalue weighted by molar-refractivity contribution is -0.152. The zero-order chi connectivity index (χ0) is 15.3. The van der Waals surface area contributed by atoms with Crippen molar-refractivity contribution in [1.29, 1.82) is 0 Å². The fraction of sp³-hybridized carbons (Fsp3) is 0.875. The minimum atomic E-state index is -0.169. The summed E-state index contributed by atoms with van der Waals surface area (Å²) in [7, 11) is 1.44. The smallest absolute Gasteiger partial charge is 0.308 e. The van der Waals surface area contributed by atoms with Gasteiger partial charge in [0, 0.05) is 13.1 Å². The van der Waals surface area contributed by atoms with E-state index in [-0.39, 0.29) is 17.3 Å². The molecule has 0 unspecified atom stereocenters. The molecule has 2 rings (SSSR count). The van der Waals surface area contributed by atoms with Gasteiger partial charge in [-0.1, -0.05) is 13.3 Å². The van der Waals surface area contributed by atoms with Crippen molar-refractivity contribution in [3.05, 3.63) is 0 Å². The molecule has 0 aliphatic carbocycles. The summed E-state index contributed by atoms with van der Waals surface area (Å²) in [4.78, 5) is 26.6. The van der Waals surface area contributed by atoms with Crippen molar-refractivity contribution in [2.75, 3.05) is 33.3 Å². The first-order valence-corrected chi connectivity index (χ1v) is 8.21. The van der Waals surface area contributed by atoms with Gasteiger partial charge in [-0.05, 0) is 45.2 Å². The molecule has 0 radical (unpaired) electrons. The number of hydrogen-bond donors (Lipinski definition) is 1. The maximum Gasteiger partial charge on any atom is 0.308 e. The molecule has 1 amide bonds. The number of nitrogens with one attached hydrogen (secondary N) is 1. The molecule has 5 nitrogen and oxygen atoms in total. The van der Waals surface area contributed by atoms with Crippen LogP contribution in [0.25, 0.3) is 0 Å². The molecular weight excluding hydrogens is 268 g/mol. The lowest BCUT2D eigenvalue weighted by atomic mass is 9.73. The van der Waals surface area contributed by atoms with Crippen LogP contribution in [0.3, 0.4) is 0 Å². The Labute approximate surface area is 127 Å². The first-order valence-electron chi connectivity index (χ1n) is 8.21. The normalized spacial score (nSPS) is 22.9. The summed E-state index contributed by atoms with van der Waals surface area (Å²) in [5, 5.41) is 3.35. The van der Waals surface area contributed by atoms with Gasteiger partial charge >= 0.3 is 5.97 Å². The average Bonchev–Trinajstić information content (AvgIpc) is 2.54. The summed E-state index contributed by atoms with van der Waals surface area (Å²) >= 11 is 0. The predicted molar refractivity (Wildman–Crippen MR) is 80.8 cm³/mol. The molecule has 2 heterocycles. The molecule has 120 valence electrons. The number of rotatable bonds is 4. The zero-order valence-electron chi connectivity index (χ0n) is 13.3. The second kappa shape index (κ2) is 7.25. The molecule has 0 aromatic rings. The first kappa shape index (κ1) is 16.3. The maximum atomic E-state index is 13.0. The van der Waals surface area contributed by atoms with Gasteiger partial charge in [0.15, 0.2) is 0 Å². The van der Waals surface area contributed by atoms with Crippen molar-refractivity contribution in [3.8, 4) is 0 Å². The molecule has 1 N–H and O–H groups in total. The molecule has 2 aliphatic heterocycles. The number of amides is 1. The molecule has 0 atom stereocenters. The van der Waals surface area contributed by atoms with E-state index in [1.54, 1.807) is 0 Å². The van der Waals surface area contributed by atoms with E-state index >= 15 is 0 Å². The van der Waals surface area contributed by atoms with Crippen molar-refractivity contribution in [2.45, 2.75) is 45.4 Å². The first-order chi connectivity index (χ1) is 10.1. The van der Waals surface area contributed by atoms with E-state index in [0.717, 1.165) is 51.6 Å². The van der Waals surface area contributed by atoms with Gasteiger partial charge in [0.1, 0.15) is 0 Å². The van der Waals surface area contributed by atoms with E-state index in [1.807, 2.05) is 4.90 Å². The molecule has 0 aromatic heterocycles. The van der Waals surface area contributed by atoms with Gasteiger partial charge < -0.3 is 15.0 Å². The van der Waals surface area contributed by atoms with Crippen LogP contribution in [-0.4, -0.2) is 50.1 Å². The van der Waals surface area contributed by atoms with E-state index in [2.05, 4.69) is 12.2 Å². The van der Waals surface area contributed by atoms with E-state index in [4.69, 9.17) is 4.74 Å². The highest BCUT2D eigenvalue weighted by molar-refractivity contribution is 5.83. The Balaban J connectivity index is 1.97. The minimum Gasteiger partial charge on any atom is -0.469 e. The molecule has 2 fully saturated rings. The highest BCUT2D eigenvalue weighted by Gasteiger charge is 2.42. The summed E-state index contributed by atoms with van der Waals surface area (Å²) in [6, 6.07) is 0. The number of carbonyl (C=O) groups excluding carboxylic acids is 2. The van der Waals surface area contributed by atoms with Crippen LogP contribution in [0, 0.1) is 11.3 Å². The van der Waals surface area contributed by atoms with Crippen molar-refractivity contribution in [2.24, 2.45) is 11.3 Å². The Bertz CT molecular complexity index is 364. The third kappa shape index (κ3) is 3.57. The Morgan fingerprint density at radius 1 is 1.24 bits per heavy atom. The zero-order valence-corrected chi connectivity index (χ0v) is 13.3. The Hall–Kier alpha value is -1.10. The molecule has 2 aliphatic rings. The number of esters is 1. The summed E-state index contributed by atoms with van der Waals surface area (Å²) in [5.41, 5.74) is -0.169. The van der Waals surface area contributed by atoms with Gasteiger partial charge in [-0.3, -0.25) is 9.59 Å². The number of nitrogens with zero attached hydrogens (tertiary/aromatic N) is 1. The largest absolute Gasteiger partial charge is 0.469 e. The quantitative estimate of drug-likeness (QED) is 0.800. The van der Waals surface area contributed by atoms with Crippen molar-refractivity contribution < 1.29 is 14.3 Å². The van der Waals surface area contributed by atoms with E-state index in [1.165, 1.54) is 7.11 Å². The molecule has 5 heteroatoms. The van der Waals surface area contributed by atoms with Crippen LogP contribution in [0.15, 0.2) is 0 Å². The number of piperidine rings is 2. The number of methoxy groups -OCH3 is 1. The van der Waals surface area contributed by atoms with Gasteiger partial charge in [0.05, 0.1) is 18.4 Å². The van der Waals surface area contributed by atoms with Gasteiger partial charge in [-0.15, -0.1) is 0 Å². The van der Waals surface area contributed by atoms with Gasteiger partial charge in [-0.25, -0.2) is 0 Å². The number of carbonyl (C=O) groups is 2. The van der Waals surface area contributed by atoms with Crippen molar-refractivity contribution in [1.82, 2.24) is 10.2 Å². The van der Waals surface area contributed by atoms with Crippen LogP contribution in [0.2, 0.25) is 0 Å². The molecule has 0 aromatic carbocycles. The second-order valence-corrected chi connectivity index (χ2v) is 6.37. The van der Waals surface area contributed by atoms with E-state index in [0.29, 0.717) is 19.0 Å². The summed E-state index contributed by atoms with van der Waals surface area (Å²) in [6.45, 7) is 5.41. The number of hydrogen-bond acceptors (Lipinski definition) is 4. The monoisotopic (exact) mass is 296 g/mol. The average molecular weight is 296 g/mol. The fourth-order valence-electron chi connectivity index (χ4n) is 3.78. The van der Waals surface area contributed by atoms with Gasteiger partial charge in [-0.2, -0.15) is 0 Å². The van der Waals surface area contributed by atoms with E-state index < -0.39 is 0 Å². The van der Waals surface area contributed by atoms with Crippen molar-refractivity contribution in [3.63, 3.8) is 0 Å². The van der Waals surface area contributed by atoms with Crippen LogP contribution in [-0.2, 0) is 14.3 Å². The lowest BCUT2D eigenvalue weighted by Crippen LogP contribution is -2.51. The SMILES string of the molecule is CCCC1(C(=O)N2CCC(C(=O)OC)CC2)CCNCC1. The standard InChI is InChI=1S/C16H28N2O3/c1-3-6-16(7-9-17-10-8-16)15(20)18-11-4-13(5-12-18)14(19)21-2/h13,17H,3-12H2,1-2H3. The molecule has 21 heavy (non-hydrogen) atoms. The fourth-order valence-corrected chi connectivity index (χ4v) is 3.78. The Morgan fingerprint density at radius 2 is 1.86 bits per heavy atom. The molecule has 0 spiro atoms. The second-order valence-electron chi connectivity index (χ2n) is 6.37.